The number of hydrogen-bond acceptors (Lipinski definition) is 1. The smallest absolute Gasteiger partial charge is 0.197 e. The summed E-state index contributed by atoms with van der Waals surface area (Å²) in [4.78, 5) is 4.19. The van der Waals surface area contributed by atoms with Gasteiger partial charge in [0, 0.05) is 21.5 Å². The Morgan fingerprint density at radius 3 is 1.42 bits per heavy atom. The van der Waals surface area contributed by atoms with E-state index in [0.717, 1.165) is 93.9 Å². The number of rotatable bonds is 5. The van der Waals surface area contributed by atoms with Gasteiger partial charge in [-0.2, -0.15) is 5.26 Å². The second-order valence-corrected chi connectivity index (χ2v) is 15.1. The third-order valence-electron chi connectivity index (χ3n) is 11.3. The van der Waals surface area contributed by atoms with Crippen LogP contribution in [0, 0.1) is 38.7 Å². The molecular formula is C53H36N4. The molecule has 0 radical (unpaired) electrons. The van der Waals surface area contributed by atoms with E-state index in [4.69, 9.17) is 6.57 Å². The number of aryl methyl sites for hydroxylation is 3. The number of nitrogens with zero attached hydrogens (tertiary/aromatic N) is 4. The number of fused-ring (bicyclic) bond motifs is 6. The molecule has 0 spiro atoms. The van der Waals surface area contributed by atoms with Crippen LogP contribution in [0.4, 0.5) is 5.69 Å². The van der Waals surface area contributed by atoms with Crippen molar-refractivity contribution in [3.63, 3.8) is 0 Å². The largest absolute Gasteiger partial charge is 0.308 e. The van der Waals surface area contributed by atoms with Crippen molar-refractivity contribution in [3.05, 3.63) is 197 Å². The Labute approximate surface area is 331 Å². The summed E-state index contributed by atoms with van der Waals surface area (Å²) >= 11 is 0. The van der Waals surface area contributed by atoms with Gasteiger partial charge in [0.1, 0.15) is 0 Å². The molecule has 0 atom stereocenters. The number of nitriles is 1. The average Bonchev–Trinajstić information content (AvgIpc) is 3.75. The van der Waals surface area contributed by atoms with Crippen LogP contribution in [-0.4, -0.2) is 9.13 Å². The van der Waals surface area contributed by atoms with Gasteiger partial charge in [-0.1, -0.05) is 126 Å². The molecule has 0 aliphatic rings. The lowest BCUT2D eigenvalue weighted by Gasteiger charge is -2.20. The van der Waals surface area contributed by atoms with E-state index >= 15 is 0 Å². The van der Waals surface area contributed by atoms with Gasteiger partial charge in [-0.3, -0.25) is 0 Å². The second kappa shape index (κ2) is 13.3. The summed E-state index contributed by atoms with van der Waals surface area (Å²) in [6, 6.07) is 60.4. The van der Waals surface area contributed by atoms with Crippen molar-refractivity contribution in [1.29, 1.82) is 5.26 Å². The van der Waals surface area contributed by atoms with E-state index in [1.54, 1.807) is 0 Å². The van der Waals surface area contributed by atoms with Crippen molar-refractivity contribution in [2.24, 2.45) is 0 Å². The molecule has 2 aromatic heterocycles. The van der Waals surface area contributed by atoms with Gasteiger partial charge in [0.2, 0.25) is 0 Å². The zero-order chi connectivity index (χ0) is 38.8. The van der Waals surface area contributed by atoms with Crippen LogP contribution < -0.4 is 0 Å². The molecule has 0 N–H and O–H groups in total. The highest BCUT2D eigenvalue weighted by atomic mass is 15.1. The zero-order valence-corrected chi connectivity index (χ0v) is 31.9. The van der Waals surface area contributed by atoms with Gasteiger partial charge in [-0.15, -0.1) is 0 Å². The normalized spacial score (nSPS) is 11.4. The highest BCUT2D eigenvalue weighted by Gasteiger charge is 2.23. The van der Waals surface area contributed by atoms with Crippen LogP contribution in [0.25, 0.3) is 93.2 Å². The van der Waals surface area contributed by atoms with Crippen molar-refractivity contribution in [3.8, 4) is 50.8 Å². The van der Waals surface area contributed by atoms with Gasteiger partial charge in [-0.25, -0.2) is 4.85 Å². The summed E-state index contributed by atoms with van der Waals surface area (Å²) in [6.45, 7) is 14.8. The summed E-state index contributed by atoms with van der Waals surface area (Å²) in [6.07, 6.45) is 0. The van der Waals surface area contributed by atoms with E-state index in [9.17, 15) is 5.26 Å². The van der Waals surface area contributed by atoms with Crippen LogP contribution in [0.1, 0.15) is 22.3 Å². The molecule has 57 heavy (non-hydrogen) atoms. The summed E-state index contributed by atoms with van der Waals surface area (Å²) in [5.74, 6) is 0. The Bertz CT molecular complexity index is 3330. The monoisotopic (exact) mass is 728 g/mol. The van der Waals surface area contributed by atoms with Crippen LogP contribution in [0.2, 0.25) is 0 Å². The van der Waals surface area contributed by atoms with Crippen molar-refractivity contribution >= 4 is 49.3 Å². The molecule has 0 unspecified atom stereocenters. The molecule has 0 aliphatic heterocycles. The third-order valence-corrected chi connectivity index (χ3v) is 11.3. The van der Waals surface area contributed by atoms with E-state index in [1.165, 1.54) is 11.1 Å². The predicted molar refractivity (Wildman–Crippen MR) is 237 cm³/mol. The first-order valence-electron chi connectivity index (χ1n) is 19.2. The Balaban J connectivity index is 1.36. The van der Waals surface area contributed by atoms with Gasteiger partial charge in [0.05, 0.1) is 51.6 Å². The average molecular weight is 729 g/mol. The van der Waals surface area contributed by atoms with Crippen LogP contribution in [0.5, 0.6) is 0 Å². The minimum Gasteiger partial charge on any atom is -0.308 e. The molecule has 8 aromatic carbocycles. The quantitative estimate of drug-likeness (QED) is 0.163. The van der Waals surface area contributed by atoms with Gasteiger partial charge in [0.15, 0.2) is 5.69 Å². The number of hydrogen-bond donors (Lipinski definition) is 0. The first-order chi connectivity index (χ1) is 27.9. The maximum atomic E-state index is 10.0. The molecule has 2 heterocycles. The standard InChI is InChI=1S/C53H36N4/c1-33-13-17-37(18-14-33)39-21-23-44-42-9-5-7-11-48(42)56(50(44)28-39)52-30-46(41-26-35(3)25-36(27-41)32-54)47(55-4)31-53(52)57-49-12-8-6-10-43(49)45-24-22-40(29-51(45)57)38-19-15-34(2)16-20-38/h5-31H,1-3H3. The fraction of sp³-hybridized carbons (Fsp3) is 0.0566. The van der Waals surface area contributed by atoms with Gasteiger partial charge in [-0.05, 0) is 108 Å². The Morgan fingerprint density at radius 1 is 0.439 bits per heavy atom. The third kappa shape index (κ3) is 5.58. The van der Waals surface area contributed by atoms with Crippen molar-refractivity contribution in [1.82, 2.24) is 9.13 Å². The van der Waals surface area contributed by atoms with Crippen LogP contribution in [0.15, 0.2) is 164 Å². The fourth-order valence-corrected chi connectivity index (χ4v) is 8.56. The van der Waals surface area contributed by atoms with Crippen LogP contribution >= 0.6 is 0 Å². The molecule has 10 aromatic rings. The number of benzene rings is 8. The topological polar surface area (TPSA) is 38.0 Å². The molecule has 0 bridgehead atoms. The van der Waals surface area contributed by atoms with E-state index < -0.39 is 0 Å². The van der Waals surface area contributed by atoms with Crippen molar-refractivity contribution in [2.75, 3.05) is 0 Å². The molecule has 4 nitrogen and oxygen atoms in total. The van der Waals surface area contributed by atoms with Gasteiger partial charge in [0.25, 0.3) is 0 Å². The van der Waals surface area contributed by atoms with Crippen LogP contribution in [-0.2, 0) is 0 Å². The predicted octanol–water partition coefficient (Wildman–Crippen LogP) is 14.2. The van der Waals surface area contributed by atoms with E-state index in [2.05, 4.69) is 186 Å². The second-order valence-electron chi connectivity index (χ2n) is 15.1. The Morgan fingerprint density at radius 2 is 0.912 bits per heavy atom. The van der Waals surface area contributed by atoms with Crippen LogP contribution in [0.3, 0.4) is 0 Å². The zero-order valence-electron chi connectivity index (χ0n) is 31.9. The highest BCUT2D eigenvalue weighted by Crippen LogP contribution is 2.44. The van der Waals surface area contributed by atoms with Crippen molar-refractivity contribution in [2.45, 2.75) is 20.8 Å². The SMILES string of the molecule is [C-]#[N+]c1cc(-n2c3ccccc3c3ccc(-c4ccc(C)cc4)cc32)c(-n2c3ccccc3c3ccc(-c4ccc(C)cc4)cc32)cc1-c1cc(C)cc(C#N)c1. The molecule has 10 rings (SSSR count). The summed E-state index contributed by atoms with van der Waals surface area (Å²) in [5.41, 5.74) is 16.8. The maximum Gasteiger partial charge on any atom is 0.197 e. The molecule has 0 amide bonds. The molecule has 0 aliphatic carbocycles. The fourth-order valence-electron chi connectivity index (χ4n) is 8.56. The minimum atomic E-state index is 0.518. The summed E-state index contributed by atoms with van der Waals surface area (Å²) in [7, 11) is 0. The lowest BCUT2D eigenvalue weighted by atomic mass is 9.97. The van der Waals surface area contributed by atoms with Crippen molar-refractivity contribution < 1.29 is 0 Å². The molecule has 0 saturated carbocycles. The molecule has 268 valence electrons. The molecule has 0 saturated heterocycles. The summed E-state index contributed by atoms with van der Waals surface area (Å²) < 4.78 is 4.72. The molecule has 0 fully saturated rings. The molecular weight excluding hydrogens is 693 g/mol. The van der Waals surface area contributed by atoms with Gasteiger partial charge >= 0.3 is 0 Å². The summed E-state index contributed by atoms with van der Waals surface area (Å²) in [5, 5.41) is 14.6. The number of aromatic nitrogens is 2. The Kier molecular flexibility index (Phi) is 7.89. The van der Waals surface area contributed by atoms with E-state index in [0.29, 0.717) is 11.3 Å². The Hall–Kier alpha value is -7.66. The lowest BCUT2D eigenvalue weighted by molar-refractivity contribution is 1.10. The molecule has 4 heteroatoms. The van der Waals surface area contributed by atoms with E-state index in [-0.39, 0.29) is 0 Å². The highest BCUT2D eigenvalue weighted by molar-refractivity contribution is 6.13. The minimum absolute atomic E-state index is 0.518. The lowest BCUT2D eigenvalue weighted by Crippen LogP contribution is -2.04. The first-order valence-corrected chi connectivity index (χ1v) is 19.2. The number of para-hydroxylation sites is 2. The van der Waals surface area contributed by atoms with E-state index in [1.807, 2.05) is 19.1 Å². The van der Waals surface area contributed by atoms with Gasteiger partial charge < -0.3 is 9.13 Å². The maximum absolute atomic E-state index is 10.0. The first kappa shape index (κ1) is 33.9.